The number of amides is 1. The number of carboxylic acid groups (broad SMARTS) is 1. The summed E-state index contributed by atoms with van der Waals surface area (Å²) in [6.07, 6.45) is 4.07. The molecule has 1 aliphatic rings. The van der Waals surface area contributed by atoms with Crippen LogP contribution in [0.25, 0.3) is 5.69 Å². The normalized spacial score (nSPS) is 13.5. The van der Waals surface area contributed by atoms with Crippen molar-refractivity contribution in [3.8, 4) is 5.69 Å². The average molecular weight is 351 g/mol. The van der Waals surface area contributed by atoms with Gasteiger partial charge in [-0.1, -0.05) is 6.07 Å². The van der Waals surface area contributed by atoms with Gasteiger partial charge in [-0.15, -0.1) is 0 Å². The summed E-state index contributed by atoms with van der Waals surface area (Å²) in [5.41, 5.74) is 2.85. The molecule has 0 aliphatic carbocycles. The molecular weight excluding hydrogens is 334 g/mol. The van der Waals surface area contributed by atoms with Crippen LogP contribution in [0, 0.1) is 0 Å². The second-order valence-corrected chi connectivity index (χ2v) is 6.18. The fourth-order valence-corrected chi connectivity index (χ4v) is 3.32. The van der Waals surface area contributed by atoms with Crippen LogP contribution >= 0.6 is 0 Å². The number of carbonyl (C=O) groups is 2. The van der Waals surface area contributed by atoms with Crippen molar-refractivity contribution < 1.29 is 14.7 Å². The third-order valence-corrected chi connectivity index (χ3v) is 4.59. The van der Waals surface area contributed by atoms with Crippen LogP contribution in [0.2, 0.25) is 0 Å². The van der Waals surface area contributed by atoms with Crippen molar-refractivity contribution in [3.05, 3.63) is 65.2 Å². The maximum atomic E-state index is 12.9. The summed E-state index contributed by atoms with van der Waals surface area (Å²) >= 11 is 0. The van der Waals surface area contributed by atoms with Gasteiger partial charge in [0.1, 0.15) is 0 Å². The van der Waals surface area contributed by atoms with E-state index in [4.69, 9.17) is 0 Å². The van der Waals surface area contributed by atoms with Crippen molar-refractivity contribution in [2.24, 2.45) is 7.05 Å². The Morgan fingerprint density at radius 2 is 2.08 bits per heavy atom. The smallest absolute Gasteiger partial charge is 0.356 e. The van der Waals surface area contributed by atoms with Gasteiger partial charge >= 0.3 is 5.97 Å². The number of hydrogen-bond donors (Lipinski definition) is 1. The zero-order chi connectivity index (χ0) is 18.3. The molecule has 8 heteroatoms. The Morgan fingerprint density at radius 1 is 1.23 bits per heavy atom. The van der Waals surface area contributed by atoms with Gasteiger partial charge in [-0.3, -0.25) is 9.48 Å². The first-order valence-corrected chi connectivity index (χ1v) is 8.22. The largest absolute Gasteiger partial charge is 0.476 e. The predicted molar refractivity (Wildman–Crippen MR) is 92.2 cm³/mol. The second-order valence-electron chi connectivity index (χ2n) is 6.18. The third kappa shape index (κ3) is 2.65. The standard InChI is InChI=1S/C18H17N5O3/c1-21-15-6-9-22(11-14(15)16(20-21)18(25)26)17(24)12-4-2-5-13(10-12)23-8-3-7-19-23/h2-5,7-8,10H,6,9,11H2,1H3,(H,25,26). The van der Waals surface area contributed by atoms with Gasteiger partial charge in [-0.25, -0.2) is 9.48 Å². The van der Waals surface area contributed by atoms with E-state index in [2.05, 4.69) is 10.2 Å². The third-order valence-electron chi connectivity index (χ3n) is 4.59. The minimum atomic E-state index is -1.07. The lowest BCUT2D eigenvalue weighted by molar-refractivity contribution is 0.0674. The number of aromatic carboxylic acids is 1. The molecule has 0 saturated carbocycles. The maximum Gasteiger partial charge on any atom is 0.356 e. The van der Waals surface area contributed by atoms with Gasteiger partial charge in [-0.2, -0.15) is 10.2 Å². The van der Waals surface area contributed by atoms with Crippen LogP contribution in [-0.2, 0) is 20.0 Å². The Labute approximate surface area is 149 Å². The lowest BCUT2D eigenvalue weighted by atomic mass is 10.0. The number of nitrogens with zero attached hydrogens (tertiary/aromatic N) is 5. The van der Waals surface area contributed by atoms with Crippen LogP contribution in [0.1, 0.15) is 32.1 Å². The first-order chi connectivity index (χ1) is 12.5. The molecule has 0 spiro atoms. The molecule has 0 radical (unpaired) electrons. The number of aromatic nitrogens is 4. The Bertz CT molecular complexity index is 990. The first kappa shape index (κ1) is 16.1. The van der Waals surface area contributed by atoms with Gasteiger partial charge in [-0.05, 0) is 24.3 Å². The van der Waals surface area contributed by atoms with E-state index in [9.17, 15) is 14.7 Å². The van der Waals surface area contributed by atoms with E-state index in [0.717, 1.165) is 11.4 Å². The van der Waals surface area contributed by atoms with Crippen LogP contribution in [-0.4, -0.2) is 48.0 Å². The zero-order valence-electron chi connectivity index (χ0n) is 14.2. The van der Waals surface area contributed by atoms with E-state index in [1.165, 1.54) is 0 Å². The highest BCUT2D eigenvalue weighted by molar-refractivity contribution is 5.95. The SMILES string of the molecule is Cn1nc(C(=O)O)c2c1CCN(C(=O)c1cccc(-n3cccn3)c1)C2. The Balaban J connectivity index is 1.62. The summed E-state index contributed by atoms with van der Waals surface area (Å²) in [6, 6.07) is 9.04. The average Bonchev–Trinajstić information content (AvgIpc) is 3.29. The molecule has 0 saturated heterocycles. The summed E-state index contributed by atoms with van der Waals surface area (Å²) in [5.74, 6) is -1.21. The summed E-state index contributed by atoms with van der Waals surface area (Å²) in [7, 11) is 1.73. The fraction of sp³-hybridized carbons (Fsp3) is 0.222. The predicted octanol–water partition coefficient (Wildman–Crippen LogP) is 1.50. The first-order valence-electron chi connectivity index (χ1n) is 8.22. The molecule has 8 nitrogen and oxygen atoms in total. The molecule has 1 aromatic carbocycles. The van der Waals surface area contributed by atoms with Crippen LogP contribution in [0.5, 0.6) is 0 Å². The maximum absolute atomic E-state index is 12.9. The molecule has 3 heterocycles. The molecule has 0 fully saturated rings. The van der Waals surface area contributed by atoms with E-state index >= 15 is 0 Å². The Morgan fingerprint density at radius 3 is 2.81 bits per heavy atom. The topological polar surface area (TPSA) is 93.3 Å². The number of aryl methyl sites for hydroxylation is 1. The van der Waals surface area contributed by atoms with Crippen LogP contribution in [0.15, 0.2) is 42.7 Å². The van der Waals surface area contributed by atoms with Crippen LogP contribution < -0.4 is 0 Å². The van der Waals surface area contributed by atoms with Crippen LogP contribution in [0.4, 0.5) is 0 Å². The van der Waals surface area contributed by atoms with Gasteiger partial charge < -0.3 is 10.0 Å². The van der Waals surface area contributed by atoms with Gasteiger partial charge in [0.05, 0.1) is 12.2 Å². The number of carbonyl (C=O) groups excluding carboxylic acids is 1. The van der Waals surface area contributed by atoms with Crippen molar-refractivity contribution in [2.75, 3.05) is 6.54 Å². The lowest BCUT2D eigenvalue weighted by Gasteiger charge is -2.27. The van der Waals surface area contributed by atoms with E-state index in [1.807, 2.05) is 24.4 Å². The summed E-state index contributed by atoms with van der Waals surface area (Å²) in [4.78, 5) is 26.0. The number of fused-ring (bicyclic) bond motifs is 1. The highest BCUT2D eigenvalue weighted by Gasteiger charge is 2.29. The van der Waals surface area contributed by atoms with E-state index < -0.39 is 5.97 Å². The molecule has 0 atom stereocenters. The number of carboxylic acids is 1. The molecule has 26 heavy (non-hydrogen) atoms. The van der Waals surface area contributed by atoms with E-state index in [-0.39, 0.29) is 18.1 Å². The number of benzene rings is 1. The van der Waals surface area contributed by atoms with Crippen LogP contribution in [0.3, 0.4) is 0 Å². The molecule has 2 aromatic heterocycles. The number of rotatable bonds is 3. The van der Waals surface area contributed by atoms with Crippen molar-refractivity contribution in [1.29, 1.82) is 0 Å². The van der Waals surface area contributed by atoms with Crippen molar-refractivity contribution in [3.63, 3.8) is 0 Å². The van der Waals surface area contributed by atoms with E-state index in [0.29, 0.717) is 24.1 Å². The van der Waals surface area contributed by atoms with Crippen molar-refractivity contribution >= 4 is 11.9 Å². The quantitative estimate of drug-likeness (QED) is 0.772. The molecule has 0 unspecified atom stereocenters. The van der Waals surface area contributed by atoms with Crippen molar-refractivity contribution in [2.45, 2.75) is 13.0 Å². The highest BCUT2D eigenvalue weighted by atomic mass is 16.4. The minimum absolute atomic E-state index is 0.0188. The van der Waals surface area contributed by atoms with Gasteiger partial charge in [0, 0.05) is 49.2 Å². The van der Waals surface area contributed by atoms with Gasteiger partial charge in [0.25, 0.3) is 5.91 Å². The molecule has 1 amide bonds. The van der Waals surface area contributed by atoms with Crippen molar-refractivity contribution in [1.82, 2.24) is 24.5 Å². The second kappa shape index (κ2) is 6.14. The molecule has 3 aromatic rings. The van der Waals surface area contributed by atoms with E-state index in [1.54, 1.807) is 39.6 Å². The Hall–Kier alpha value is -3.42. The summed E-state index contributed by atoms with van der Waals surface area (Å²) in [5, 5.41) is 17.6. The number of hydrogen-bond acceptors (Lipinski definition) is 4. The monoisotopic (exact) mass is 351 g/mol. The summed E-state index contributed by atoms with van der Waals surface area (Å²) < 4.78 is 3.29. The fourth-order valence-electron chi connectivity index (χ4n) is 3.32. The Kier molecular flexibility index (Phi) is 3.80. The molecule has 1 aliphatic heterocycles. The molecular formula is C18H17N5O3. The highest BCUT2D eigenvalue weighted by Crippen LogP contribution is 2.24. The zero-order valence-corrected chi connectivity index (χ0v) is 14.2. The van der Waals surface area contributed by atoms with Gasteiger partial charge in [0.15, 0.2) is 5.69 Å². The molecule has 1 N–H and O–H groups in total. The summed E-state index contributed by atoms with van der Waals surface area (Å²) in [6.45, 7) is 0.770. The molecule has 132 valence electrons. The molecule has 4 rings (SSSR count). The minimum Gasteiger partial charge on any atom is -0.476 e. The van der Waals surface area contributed by atoms with Gasteiger partial charge in [0.2, 0.25) is 0 Å². The molecule has 0 bridgehead atoms. The lowest BCUT2D eigenvalue weighted by Crippen LogP contribution is -2.36.